The van der Waals surface area contributed by atoms with E-state index in [1.165, 1.54) is 32.1 Å². The minimum absolute atomic E-state index is 0.0419. The van der Waals surface area contributed by atoms with Crippen molar-refractivity contribution >= 4 is 5.91 Å². The zero-order valence-electron chi connectivity index (χ0n) is 16.4. The largest absolute Gasteiger partial charge is 0.459 e. The third-order valence-corrected chi connectivity index (χ3v) is 6.40. The molecule has 2 saturated carbocycles. The topological polar surface area (TPSA) is 67.8 Å². The van der Waals surface area contributed by atoms with Gasteiger partial charge in [-0.25, -0.2) is 0 Å². The second-order valence-corrected chi connectivity index (χ2v) is 8.41. The van der Waals surface area contributed by atoms with Crippen molar-refractivity contribution in [3.05, 3.63) is 47.2 Å². The van der Waals surface area contributed by atoms with Crippen LogP contribution in [-0.2, 0) is 27.5 Å². The van der Waals surface area contributed by atoms with E-state index in [0.29, 0.717) is 30.2 Å². The van der Waals surface area contributed by atoms with E-state index in [1.54, 1.807) is 0 Å². The number of amides is 1. The third kappa shape index (κ3) is 4.76. The highest BCUT2D eigenvalue weighted by Crippen LogP contribution is 2.38. The molecule has 2 aliphatic carbocycles. The van der Waals surface area contributed by atoms with Crippen LogP contribution >= 0.6 is 0 Å². The summed E-state index contributed by atoms with van der Waals surface area (Å²) in [5.74, 6) is 1.33. The Morgan fingerprint density at radius 1 is 1.07 bits per heavy atom. The molecular formula is C23H31NO4. The molecule has 1 aliphatic heterocycles. The van der Waals surface area contributed by atoms with Gasteiger partial charge in [0.2, 0.25) is 6.29 Å². The third-order valence-electron chi connectivity index (χ3n) is 6.40. The molecule has 1 aromatic carbocycles. The summed E-state index contributed by atoms with van der Waals surface area (Å²) in [6.45, 7) is 0.478. The van der Waals surface area contributed by atoms with Crippen LogP contribution in [0.25, 0.3) is 0 Å². The fourth-order valence-corrected chi connectivity index (χ4v) is 4.40. The van der Waals surface area contributed by atoms with Gasteiger partial charge in [0, 0.05) is 12.5 Å². The Bertz CT molecular complexity index is 689. The van der Waals surface area contributed by atoms with Crippen LogP contribution in [-0.4, -0.2) is 23.3 Å². The SMILES string of the molecule is O=C(NC1CCC1)C1=C[C@H](C2CCCC2)C[C@H](OCc2ccc(CO)cc2)O1. The first-order valence-corrected chi connectivity index (χ1v) is 10.7. The number of rotatable bonds is 7. The minimum Gasteiger partial charge on any atom is -0.459 e. The number of aliphatic hydroxyl groups excluding tert-OH is 1. The molecule has 28 heavy (non-hydrogen) atoms. The van der Waals surface area contributed by atoms with Gasteiger partial charge in [0.1, 0.15) is 0 Å². The number of aliphatic hydroxyl groups is 1. The molecule has 1 heterocycles. The molecule has 2 fully saturated rings. The van der Waals surface area contributed by atoms with Crippen LogP contribution in [0.1, 0.15) is 62.5 Å². The predicted octanol–water partition coefficient (Wildman–Crippen LogP) is 3.80. The molecule has 5 heteroatoms. The standard InChI is InChI=1S/C23H31NO4/c25-14-16-8-10-17(11-9-16)15-27-22-13-19(18-4-1-2-5-18)12-21(28-22)23(26)24-20-6-3-7-20/h8-12,18-20,22,25H,1-7,13-15H2,(H,24,26)/t19-,22+/m0/s1. The number of benzene rings is 1. The maximum Gasteiger partial charge on any atom is 0.286 e. The molecule has 0 radical (unpaired) electrons. The lowest BCUT2D eigenvalue weighted by atomic mass is 9.86. The van der Waals surface area contributed by atoms with E-state index in [2.05, 4.69) is 11.4 Å². The average Bonchev–Trinajstić information content (AvgIpc) is 3.24. The summed E-state index contributed by atoms with van der Waals surface area (Å²) < 4.78 is 12.0. The molecule has 3 aliphatic rings. The molecule has 0 unspecified atom stereocenters. The lowest BCUT2D eigenvalue weighted by Gasteiger charge is -2.33. The molecule has 0 bridgehead atoms. The van der Waals surface area contributed by atoms with Crippen molar-refractivity contribution in [2.75, 3.05) is 0 Å². The van der Waals surface area contributed by atoms with Gasteiger partial charge in [-0.1, -0.05) is 37.1 Å². The highest BCUT2D eigenvalue weighted by atomic mass is 16.7. The number of carbonyl (C=O) groups is 1. The fraction of sp³-hybridized carbons (Fsp3) is 0.609. The fourth-order valence-electron chi connectivity index (χ4n) is 4.40. The van der Waals surface area contributed by atoms with Crippen LogP contribution in [0.2, 0.25) is 0 Å². The van der Waals surface area contributed by atoms with Crippen molar-refractivity contribution in [3.8, 4) is 0 Å². The number of hydrogen-bond acceptors (Lipinski definition) is 4. The van der Waals surface area contributed by atoms with Gasteiger partial charge in [-0.05, 0) is 61.1 Å². The normalized spacial score (nSPS) is 25.7. The zero-order valence-corrected chi connectivity index (χ0v) is 16.4. The Hall–Kier alpha value is -1.85. The number of hydrogen-bond donors (Lipinski definition) is 2. The molecule has 0 saturated heterocycles. The molecule has 4 rings (SSSR count). The van der Waals surface area contributed by atoms with Crippen LogP contribution in [0.4, 0.5) is 0 Å². The second kappa shape index (κ2) is 9.10. The Kier molecular flexibility index (Phi) is 6.33. The van der Waals surface area contributed by atoms with Crippen molar-refractivity contribution < 1.29 is 19.4 Å². The van der Waals surface area contributed by atoms with Gasteiger partial charge in [0.25, 0.3) is 5.91 Å². The second-order valence-electron chi connectivity index (χ2n) is 8.41. The average molecular weight is 386 g/mol. The smallest absolute Gasteiger partial charge is 0.286 e. The Morgan fingerprint density at radius 3 is 2.43 bits per heavy atom. The molecule has 0 aromatic heterocycles. The van der Waals surface area contributed by atoms with Crippen molar-refractivity contribution in [1.29, 1.82) is 0 Å². The van der Waals surface area contributed by atoms with Crippen molar-refractivity contribution in [2.45, 2.75) is 76.9 Å². The highest BCUT2D eigenvalue weighted by Gasteiger charge is 2.34. The quantitative estimate of drug-likeness (QED) is 0.749. The monoisotopic (exact) mass is 385 g/mol. The summed E-state index contributed by atoms with van der Waals surface area (Å²) >= 11 is 0. The van der Waals surface area contributed by atoms with E-state index in [4.69, 9.17) is 14.6 Å². The van der Waals surface area contributed by atoms with Gasteiger partial charge in [0.15, 0.2) is 5.76 Å². The first-order chi connectivity index (χ1) is 13.7. The van der Waals surface area contributed by atoms with Gasteiger partial charge in [0.05, 0.1) is 13.2 Å². The van der Waals surface area contributed by atoms with Crippen LogP contribution < -0.4 is 5.32 Å². The highest BCUT2D eigenvalue weighted by molar-refractivity contribution is 5.91. The molecular weight excluding hydrogens is 354 g/mol. The van der Waals surface area contributed by atoms with Gasteiger partial charge in [-0.3, -0.25) is 4.79 Å². The van der Waals surface area contributed by atoms with Gasteiger partial charge >= 0.3 is 0 Å². The first kappa shape index (κ1) is 19.5. The van der Waals surface area contributed by atoms with E-state index in [9.17, 15) is 4.79 Å². The molecule has 2 N–H and O–H groups in total. The van der Waals surface area contributed by atoms with Crippen LogP contribution in [0.15, 0.2) is 36.1 Å². The van der Waals surface area contributed by atoms with Crippen molar-refractivity contribution in [2.24, 2.45) is 11.8 Å². The van der Waals surface area contributed by atoms with Crippen LogP contribution in [0, 0.1) is 11.8 Å². The first-order valence-electron chi connectivity index (χ1n) is 10.7. The van der Waals surface area contributed by atoms with E-state index in [1.807, 2.05) is 24.3 Å². The molecule has 152 valence electrons. The van der Waals surface area contributed by atoms with E-state index in [0.717, 1.165) is 30.4 Å². The Morgan fingerprint density at radius 2 is 1.79 bits per heavy atom. The lowest BCUT2D eigenvalue weighted by Crippen LogP contribution is -2.42. The molecule has 0 spiro atoms. The molecule has 2 atom stereocenters. The summed E-state index contributed by atoms with van der Waals surface area (Å²) in [5, 5.41) is 12.3. The summed E-state index contributed by atoms with van der Waals surface area (Å²) in [6.07, 6.45) is 10.8. The van der Waals surface area contributed by atoms with Crippen molar-refractivity contribution in [3.63, 3.8) is 0 Å². The maximum absolute atomic E-state index is 12.7. The number of allylic oxidation sites excluding steroid dienone is 1. The summed E-state index contributed by atoms with van der Waals surface area (Å²) in [4.78, 5) is 12.7. The summed E-state index contributed by atoms with van der Waals surface area (Å²) in [6, 6.07) is 8.03. The van der Waals surface area contributed by atoms with E-state index < -0.39 is 6.29 Å². The predicted molar refractivity (Wildman–Crippen MR) is 106 cm³/mol. The lowest BCUT2D eigenvalue weighted by molar-refractivity contribution is -0.155. The van der Waals surface area contributed by atoms with Crippen LogP contribution in [0.3, 0.4) is 0 Å². The van der Waals surface area contributed by atoms with E-state index >= 15 is 0 Å². The van der Waals surface area contributed by atoms with Crippen molar-refractivity contribution in [1.82, 2.24) is 5.32 Å². The van der Waals surface area contributed by atoms with Gasteiger partial charge < -0.3 is 19.9 Å². The van der Waals surface area contributed by atoms with E-state index in [-0.39, 0.29) is 12.5 Å². The molecule has 1 aromatic rings. The van der Waals surface area contributed by atoms with Gasteiger partial charge in [-0.2, -0.15) is 0 Å². The Labute approximate surface area is 167 Å². The molecule has 5 nitrogen and oxygen atoms in total. The van der Waals surface area contributed by atoms with Crippen LogP contribution in [0.5, 0.6) is 0 Å². The maximum atomic E-state index is 12.7. The zero-order chi connectivity index (χ0) is 19.3. The Balaban J connectivity index is 1.39. The summed E-state index contributed by atoms with van der Waals surface area (Å²) in [7, 11) is 0. The number of carbonyl (C=O) groups excluding carboxylic acids is 1. The number of nitrogens with one attached hydrogen (secondary N) is 1. The van der Waals surface area contributed by atoms with Gasteiger partial charge in [-0.15, -0.1) is 0 Å². The number of ether oxygens (including phenoxy) is 2. The minimum atomic E-state index is -0.393. The summed E-state index contributed by atoms with van der Waals surface area (Å²) in [5.41, 5.74) is 1.92. The molecule has 1 amide bonds.